The number of rotatable bonds is 5. The van der Waals surface area contributed by atoms with E-state index in [-0.39, 0.29) is 12.1 Å². The van der Waals surface area contributed by atoms with Crippen molar-refractivity contribution in [3.05, 3.63) is 11.6 Å². The highest BCUT2D eigenvalue weighted by atomic mass is 16.3. The average Bonchev–Trinajstić information content (AvgIpc) is 2.89. The Morgan fingerprint density at radius 3 is 2.82 bits per heavy atom. The number of carbonyl (C=O) groups is 1. The summed E-state index contributed by atoms with van der Waals surface area (Å²) < 4.78 is 0. The van der Waals surface area contributed by atoms with Crippen LogP contribution >= 0.6 is 0 Å². The third kappa shape index (κ3) is 5.29. The molecule has 2 rings (SSSR count). The van der Waals surface area contributed by atoms with Gasteiger partial charge in [0.05, 0.1) is 5.60 Å². The molecule has 2 aliphatic rings. The van der Waals surface area contributed by atoms with Gasteiger partial charge in [0.15, 0.2) is 0 Å². The van der Waals surface area contributed by atoms with Gasteiger partial charge in [-0.15, -0.1) is 0 Å². The quantitative estimate of drug-likeness (QED) is 0.764. The van der Waals surface area contributed by atoms with Crippen LogP contribution in [0.2, 0.25) is 0 Å². The summed E-state index contributed by atoms with van der Waals surface area (Å²) in [5, 5.41) is 13.0. The third-order valence-corrected chi connectivity index (χ3v) is 4.44. The molecule has 2 amide bonds. The van der Waals surface area contributed by atoms with Crippen LogP contribution in [0.15, 0.2) is 11.6 Å². The van der Waals surface area contributed by atoms with Crippen molar-refractivity contribution in [2.75, 3.05) is 32.7 Å². The van der Waals surface area contributed by atoms with Crippen molar-refractivity contribution in [2.24, 2.45) is 0 Å². The molecule has 5 heteroatoms. The van der Waals surface area contributed by atoms with E-state index >= 15 is 0 Å². The predicted molar refractivity (Wildman–Crippen MR) is 88.9 cm³/mol. The van der Waals surface area contributed by atoms with Crippen LogP contribution in [0, 0.1) is 0 Å². The van der Waals surface area contributed by atoms with E-state index in [1.54, 1.807) is 0 Å². The van der Waals surface area contributed by atoms with Gasteiger partial charge in [0.2, 0.25) is 0 Å². The van der Waals surface area contributed by atoms with Crippen molar-refractivity contribution in [1.29, 1.82) is 0 Å². The van der Waals surface area contributed by atoms with Gasteiger partial charge in [0.25, 0.3) is 0 Å². The van der Waals surface area contributed by atoms with Gasteiger partial charge in [-0.1, -0.05) is 11.6 Å². The molecule has 2 N–H and O–H groups in total. The Morgan fingerprint density at radius 2 is 2.23 bits per heavy atom. The Labute approximate surface area is 134 Å². The molecule has 0 aromatic rings. The number of carbonyl (C=O) groups excluding carboxylic acids is 1. The van der Waals surface area contributed by atoms with E-state index in [4.69, 9.17) is 0 Å². The summed E-state index contributed by atoms with van der Waals surface area (Å²) >= 11 is 0. The zero-order valence-electron chi connectivity index (χ0n) is 14.3. The van der Waals surface area contributed by atoms with E-state index in [1.807, 2.05) is 18.7 Å². The van der Waals surface area contributed by atoms with Crippen LogP contribution in [0.25, 0.3) is 0 Å². The minimum Gasteiger partial charge on any atom is -0.389 e. The SMILES string of the molecule is C[C@@H]1CN(CC(C)(C)O)CCN1C(=O)NCCC1=CCCC1. The molecule has 0 aromatic heterocycles. The second kappa shape index (κ2) is 7.47. The monoisotopic (exact) mass is 309 g/mol. The van der Waals surface area contributed by atoms with E-state index in [9.17, 15) is 9.90 Å². The van der Waals surface area contributed by atoms with Crippen LogP contribution in [0.3, 0.4) is 0 Å². The summed E-state index contributed by atoms with van der Waals surface area (Å²) in [6.45, 7) is 9.50. The number of amides is 2. The molecular formula is C17H31N3O2. The first kappa shape index (κ1) is 17.3. The molecule has 1 aliphatic heterocycles. The molecule has 5 nitrogen and oxygen atoms in total. The second-order valence-electron chi connectivity index (χ2n) is 7.33. The first-order valence-electron chi connectivity index (χ1n) is 8.52. The molecule has 1 aliphatic carbocycles. The zero-order valence-corrected chi connectivity index (χ0v) is 14.3. The van der Waals surface area contributed by atoms with Crippen LogP contribution in [-0.2, 0) is 0 Å². The summed E-state index contributed by atoms with van der Waals surface area (Å²) in [7, 11) is 0. The molecule has 0 radical (unpaired) electrons. The lowest BCUT2D eigenvalue weighted by Gasteiger charge is -2.41. The van der Waals surface area contributed by atoms with Crippen molar-refractivity contribution >= 4 is 6.03 Å². The molecule has 1 heterocycles. The van der Waals surface area contributed by atoms with Crippen LogP contribution in [0.1, 0.15) is 46.5 Å². The van der Waals surface area contributed by atoms with Gasteiger partial charge in [-0.2, -0.15) is 0 Å². The van der Waals surface area contributed by atoms with E-state index in [2.05, 4.69) is 23.2 Å². The van der Waals surface area contributed by atoms with E-state index in [1.165, 1.54) is 24.8 Å². The summed E-state index contributed by atoms with van der Waals surface area (Å²) in [6.07, 6.45) is 6.96. The standard InChI is InChI=1S/C17H31N3O2/c1-14-12-19(13-17(2,3)22)10-11-20(14)16(21)18-9-8-15-6-4-5-7-15/h6,14,22H,4-5,7-13H2,1-3H3,(H,18,21)/t14-/m1/s1. The zero-order chi connectivity index (χ0) is 16.2. The maximum absolute atomic E-state index is 12.3. The van der Waals surface area contributed by atoms with Crippen LogP contribution < -0.4 is 5.32 Å². The number of hydrogen-bond donors (Lipinski definition) is 2. The fourth-order valence-corrected chi connectivity index (χ4v) is 3.42. The van der Waals surface area contributed by atoms with Crippen LogP contribution in [-0.4, -0.2) is 65.3 Å². The summed E-state index contributed by atoms with van der Waals surface area (Å²) in [4.78, 5) is 16.5. The molecular weight excluding hydrogens is 278 g/mol. The van der Waals surface area contributed by atoms with Crippen molar-refractivity contribution in [2.45, 2.75) is 58.1 Å². The molecule has 0 saturated carbocycles. The van der Waals surface area contributed by atoms with Crippen molar-refractivity contribution in [3.8, 4) is 0 Å². The number of nitrogens with zero attached hydrogens (tertiary/aromatic N) is 2. The molecule has 1 atom stereocenters. The highest BCUT2D eigenvalue weighted by Gasteiger charge is 2.29. The fraction of sp³-hybridized carbons (Fsp3) is 0.824. The van der Waals surface area contributed by atoms with Crippen LogP contribution in [0.5, 0.6) is 0 Å². The van der Waals surface area contributed by atoms with Gasteiger partial charge < -0.3 is 15.3 Å². The Hall–Kier alpha value is -1.07. The minimum atomic E-state index is -0.681. The molecule has 22 heavy (non-hydrogen) atoms. The van der Waals surface area contributed by atoms with E-state index in [0.29, 0.717) is 6.54 Å². The molecule has 0 aromatic carbocycles. The maximum atomic E-state index is 12.3. The lowest BCUT2D eigenvalue weighted by molar-refractivity contribution is 0.0119. The maximum Gasteiger partial charge on any atom is 0.317 e. The highest BCUT2D eigenvalue weighted by molar-refractivity contribution is 5.74. The third-order valence-electron chi connectivity index (χ3n) is 4.44. The number of urea groups is 1. The normalized spacial score (nSPS) is 23.5. The Morgan fingerprint density at radius 1 is 1.45 bits per heavy atom. The number of β-amino-alcohol motifs (C(OH)–C–C–N with tert-alkyl or cyclic N) is 1. The minimum absolute atomic E-state index is 0.0500. The van der Waals surface area contributed by atoms with Crippen LogP contribution in [0.4, 0.5) is 4.79 Å². The smallest absolute Gasteiger partial charge is 0.317 e. The lowest BCUT2D eigenvalue weighted by Crippen LogP contribution is -2.58. The molecule has 0 spiro atoms. The second-order valence-corrected chi connectivity index (χ2v) is 7.33. The first-order valence-corrected chi connectivity index (χ1v) is 8.52. The Bertz CT molecular complexity index is 415. The van der Waals surface area contributed by atoms with E-state index < -0.39 is 5.60 Å². The Balaban J connectivity index is 1.72. The number of allylic oxidation sites excluding steroid dienone is 1. The number of aliphatic hydroxyl groups is 1. The van der Waals surface area contributed by atoms with Gasteiger partial charge in [0.1, 0.15) is 0 Å². The number of hydrogen-bond acceptors (Lipinski definition) is 3. The first-order chi connectivity index (χ1) is 10.3. The van der Waals surface area contributed by atoms with Crippen molar-refractivity contribution < 1.29 is 9.90 Å². The van der Waals surface area contributed by atoms with Crippen molar-refractivity contribution in [1.82, 2.24) is 15.1 Å². The summed E-state index contributed by atoms with van der Waals surface area (Å²) in [5.41, 5.74) is 0.808. The molecule has 1 fully saturated rings. The largest absolute Gasteiger partial charge is 0.389 e. The molecule has 126 valence electrons. The van der Waals surface area contributed by atoms with Gasteiger partial charge in [-0.05, 0) is 46.5 Å². The number of piperazine rings is 1. The lowest BCUT2D eigenvalue weighted by atomic mass is 10.1. The van der Waals surface area contributed by atoms with Gasteiger partial charge in [-0.25, -0.2) is 4.79 Å². The Kier molecular flexibility index (Phi) is 5.87. The van der Waals surface area contributed by atoms with Gasteiger partial charge in [-0.3, -0.25) is 4.90 Å². The summed E-state index contributed by atoms with van der Waals surface area (Å²) in [5.74, 6) is 0. The van der Waals surface area contributed by atoms with Gasteiger partial charge >= 0.3 is 6.03 Å². The molecule has 0 unspecified atom stereocenters. The number of nitrogens with one attached hydrogen (secondary N) is 1. The average molecular weight is 309 g/mol. The topological polar surface area (TPSA) is 55.8 Å². The van der Waals surface area contributed by atoms with Gasteiger partial charge in [0, 0.05) is 38.8 Å². The molecule has 1 saturated heterocycles. The fourth-order valence-electron chi connectivity index (χ4n) is 3.42. The van der Waals surface area contributed by atoms with E-state index in [0.717, 1.165) is 32.6 Å². The molecule has 0 bridgehead atoms. The predicted octanol–water partition coefficient (Wildman–Crippen LogP) is 1.97. The summed E-state index contributed by atoms with van der Waals surface area (Å²) in [6, 6.07) is 0.232. The van der Waals surface area contributed by atoms with Crippen molar-refractivity contribution in [3.63, 3.8) is 0 Å². The highest BCUT2D eigenvalue weighted by Crippen LogP contribution is 2.20.